The van der Waals surface area contributed by atoms with E-state index >= 15 is 0 Å². The second kappa shape index (κ2) is 9.92. The Morgan fingerprint density at radius 1 is 1.20 bits per heavy atom. The number of nitrogens with zero attached hydrogens (tertiary/aromatic N) is 1. The number of likely N-dealkylation sites (N-methyl/N-ethyl adjacent to an activating group) is 1. The number of nitrogens with one attached hydrogen (secondary N) is 1. The Morgan fingerprint density at radius 2 is 1.90 bits per heavy atom. The van der Waals surface area contributed by atoms with Crippen LogP contribution in [0.3, 0.4) is 0 Å². The molecule has 0 spiro atoms. The van der Waals surface area contributed by atoms with Gasteiger partial charge in [-0.1, -0.05) is 51.1 Å². The normalized spacial score (nSPS) is 14.4. The molecule has 3 heteroatoms. The maximum Gasteiger partial charge on any atom is 0.0558 e. The summed E-state index contributed by atoms with van der Waals surface area (Å²) in [4.78, 5) is 2.31. The van der Waals surface area contributed by atoms with Crippen LogP contribution < -0.4 is 5.32 Å². The standard InChI is InChI=1S/C17H30N2O/c1-4-11-18-17(16-9-7-6-8-10-16)15(3)14-19(5-2)12-13-20/h6-10,15,17-18,20H,4-5,11-14H2,1-3H3. The molecule has 0 radical (unpaired) electrons. The number of benzene rings is 1. The number of aliphatic hydroxyl groups excluding tert-OH is 1. The molecule has 0 bridgehead atoms. The van der Waals surface area contributed by atoms with Crippen LogP contribution in [0.4, 0.5) is 0 Å². The van der Waals surface area contributed by atoms with Gasteiger partial charge in [-0.05, 0) is 31.0 Å². The van der Waals surface area contributed by atoms with E-state index in [2.05, 4.69) is 61.3 Å². The summed E-state index contributed by atoms with van der Waals surface area (Å²) in [7, 11) is 0. The first kappa shape index (κ1) is 17.2. The maximum atomic E-state index is 9.12. The highest BCUT2D eigenvalue weighted by molar-refractivity contribution is 5.19. The van der Waals surface area contributed by atoms with Crippen molar-refractivity contribution < 1.29 is 5.11 Å². The van der Waals surface area contributed by atoms with E-state index in [-0.39, 0.29) is 6.61 Å². The van der Waals surface area contributed by atoms with Gasteiger partial charge in [-0.3, -0.25) is 0 Å². The molecule has 0 heterocycles. The minimum Gasteiger partial charge on any atom is -0.395 e. The maximum absolute atomic E-state index is 9.12. The number of hydrogen-bond donors (Lipinski definition) is 2. The quantitative estimate of drug-likeness (QED) is 0.691. The summed E-state index contributed by atoms with van der Waals surface area (Å²) in [5, 5.41) is 12.8. The molecule has 1 aromatic carbocycles. The Hall–Kier alpha value is -0.900. The van der Waals surface area contributed by atoms with E-state index in [4.69, 9.17) is 5.11 Å². The van der Waals surface area contributed by atoms with Crippen molar-refractivity contribution in [2.75, 3.05) is 32.8 Å². The molecule has 3 nitrogen and oxygen atoms in total. The molecule has 114 valence electrons. The van der Waals surface area contributed by atoms with Gasteiger partial charge in [-0.2, -0.15) is 0 Å². The molecule has 0 amide bonds. The van der Waals surface area contributed by atoms with Gasteiger partial charge < -0.3 is 15.3 Å². The Labute approximate surface area is 124 Å². The zero-order valence-corrected chi connectivity index (χ0v) is 13.2. The molecule has 1 aromatic rings. The molecule has 0 fully saturated rings. The largest absolute Gasteiger partial charge is 0.395 e. The molecule has 0 saturated heterocycles. The van der Waals surface area contributed by atoms with Crippen LogP contribution in [-0.2, 0) is 0 Å². The van der Waals surface area contributed by atoms with Gasteiger partial charge >= 0.3 is 0 Å². The van der Waals surface area contributed by atoms with Crippen LogP contribution in [0.2, 0.25) is 0 Å². The summed E-state index contributed by atoms with van der Waals surface area (Å²) in [6.45, 7) is 10.7. The van der Waals surface area contributed by atoms with Gasteiger partial charge in [0.1, 0.15) is 0 Å². The molecular formula is C17H30N2O. The second-order valence-electron chi connectivity index (χ2n) is 5.44. The van der Waals surface area contributed by atoms with E-state index in [1.807, 2.05) is 0 Å². The lowest BCUT2D eigenvalue weighted by Crippen LogP contribution is -2.37. The fourth-order valence-corrected chi connectivity index (χ4v) is 2.64. The molecule has 0 aromatic heterocycles. The summed E-state index contributed by atoms with van der Waals surface area (Å²) in [5.74, 6) is 0.510. The van der Waals surface area contributed by atoms with Gasteiger partial charge in [0, 0.05) is 19.1 Å². The van der Waals surface area contributed by atoms with E-state index in [0.717, 1.165) is 32.6 Å². The van der Waals surface area contributed by atoms with E-state index in [9.17, 15) is 0 Å². The van der Waals surface area contributed by atoms with Gasteiger partial charge in [0.25, 0.3) is 0 Å². The van der Waals surface area contributed by atoms with E-state index in [1.54, 1.807) is 0 Å². The Morgan fingerprint density at radius 3 is 2.45 bits per heavy atom. The lowest BCUT2D eigenvalue weighted by atomic mass is 9.93. The van der Waals surface area contributed by atoms with Crippen molar-refractivity contribution in [3.05, 3.63) is 35.9 Å². The highest BCUT2D eigenvalue weighted by atomic mass is 16.3. The smallest absolute Gasteiger partial charge is 0.0558 e. The molecule has 0 aliphatic rings. The topological polar surface area (TPSA) is 35.5 Å². The molecular weight excluding hydrogens is 248 g/mol. The van der Waals surface area contributed by atoms with Gasteiger partial charge in [0.2, 0.25) is 0 Å². The molecule has 1 rings (SSSR count). The van der Waals surface area contributed by atoms with E-state index < -0.39 is 0 Å². The average molecular weight is 278 g/mol. The molecule has 2 N–H and O–H groups in total. The first-order valence-electron chi connectivity index (χ1n) is 7.84. The average Bonchev–Trinajstić information content (AvgIpc) is 2.48. The predicted molar refractivity (Wildman–Crippen MR) is 85.8 cm³/mol. The van der Waals surface area contributed by atoms with Crippen molar-refractivity contribution in [1.82, 2.24) is 10.2 Å². The zero-order chi connectivity index (χ0) is 14.8. The lowest BCUT2D eigenvalue weighted by molar-refractivity contribution is 0.172. The highest BCUT2D eigenvalue weighted by Crippen LogP contribution is 2.22. The van der Waals surface area contributed by atoms with Crippen LogP contribution in [0, 0.1) is 5.92 Å². The van der Waals surface area contributed by atoms with Crippen molar-refractivity contribution in [3.63, 3.8) is 0 Å². The highest BCUT2D eigenvalue weighted by Gasteiger charge is 2.20. The molecule has 2 unspecified atom stereocenters. The Kier molecular flexibility index (Phi) is 8.51. The van der Waals surface area contributed by atoms with Crippen LogP contribution >= 0.6 is 0 Å². The molecule has 0 saturated carbocycles. The first-order chi connectivity index (χ1) is 9.72. The number of hydrogen-bond acceptors (Lipinski definition) is 3. The Balaban J connectivity index is 2.71. The summed E-state index contributed by atoms with van der Waals surface area (Å²) in [5.41, 5.74) is 1.36. The third-order valence-electron chi connectivity index (χ3n) is 3.75. The monoisotopic (exact) mass is 278 g/mol. The van der Waals surface area contributed by atoms with Crippen molar-refractivity contribution >= 4 is 0 Å². The lowest BCUT2D eigenvalue weighted by Gasteiger charge is -2.30. The fourth-order valence-electron chi connectivity index (χ4n) is 2.64. The third kappa shape index (κ3) is 5.61. The first-order valence-corrected chi connectivity index (χ1v) is 7.84. The van der Waals surface area contributed by atoms with Crippen LogP contribution in [0.25, 0.3) is 0 Å². The number of aliphatic hydroxyl groups is 1. The Bertz CT molecular complexity index is 342. The van der Waals surface area contributed by atoms with Crippen LogP contribution in [0.15, 0.2) is 30.3 Å². The molecule has 2 atom stereocenters. The minimum atomic E-state index is 0.235. The molecule has 20 heavy (non-hydrogen) atoms. The fraction of sp³-hybridized carbons (Fsp3) is 0.647. The zero-order valence-electron chi connectivity index (χ0n) is 13.2. The van der Waals surface area contributed by atoms with Gasteiger partial charge in [-0.15, -0.1) is 0 Å². The summed E-state index contributed by atoms with van der Waals surface area (Å²) < 4.78 is 0. The minimum absolute atomic E-state index is 0.235. The third-order valence-corrected chi connectivity index (χ3v) is 3.75. The van der Waals surface area contributed by atoms with E-state index in [0.29, 0.717) is 12.0 Å². The van der Waals surface area contributed by atoms with Gasteiger partial charge in [0.05, 0.1) is 6.61 Å². The number of rotatable bonds is 10. The van der Waals surface area contributed by atoms with Gasteiger partial charge in [-0.25, -0.2) is 0 Å². The summed E-state index contributed by atoms with van der Waals surface area (Å²) in [6, 6.07) is 11.1. The SMILES string of the molecule is CCCNC(c1ccccc1)C(C)CN(CC)CCO. The second-order valence-corrected chi connectivity index (χ2v) is 5.44. The van der Waals surface area contributed by atoms with Crippen molar-refractivity contribution in [3.8, 4) is 0 Å². The van der Waals surface area contributed by atoms with Crippen molar-refractivity contribution in [2.24, 2.45) is 5.92 Å². The molecule has 0 aliphatic heterocycles. The predicted octanol–water partition coefficient (Wildman–Crippen LogP) is 2.68. The van der Waals surface area contributed by atoms with Crippen molar-refractivity contribution in [1.29, 1.82) is 0 Å². The van der Waals surface area contributed by atoms with E-state index in [1.165, 1.54) is 5.56 Å². The summed E-state index contributed by atoms with van der Waals surface area (Å²) >= 11 is 0. The molecule has 0 aliphatic carbocycles. The van der Waals surface area contributed by atoms with Crippen LogP contribution in [-0.4, -0.2) is 42.8 Å². The van der Waals surface area contributed by atoms with Gasteiger partial charge in [0.15, 0.2) is 0 Å². The van der Waals surface area contributed by atoms with Crippen molar-refractivity contribution in [2.45, 2.75) is 33.2 Å². The van der Waals surface area contributed by atoms with Crippen LogP contribution in [0.5, 0.6) is 0 Å². The summed E-state index contributed by atoms with van der Waals surface area (Å²) in [6.07, 6.45) is 1.14. The van der Waals surface area contributed by atoms with Crippen LogP contribution in [0.1, 0.15) is 38.8 Å².